The number of rotatable bonds is 4. The number of nitrogens with zero attached hydrogens (tertiary/aromatic N) is 2. The van der Waals surface area contributed by atoms with Crippen LogP contribution in [0.25, 0.3) is 10.8 Å². The van der Waals surface area contributed by atoms with E-state index in [-0.39, 0.29) is 33.3 Å². The van der Waals surface area contributed by atoms with Crippen LogP contribution in [0.3, 0.4) is 0 Å². The molecule has 0 bridgehead atoms. The summed E-state index contributed by atoms with van der Waals surface area (Å²) in [6, 6.07) is 9.53. The van der Waals surface area contributed by atoms with Crippen molar-refractivity contribution >= 4 is 45.9 Å². The van der Waals surface area contributed by atoms with E-state index in [2.05, 4.69) is 0 Å². The highest BCUT2D eigenvalue weighted by Crippen LogP contribution is 2.37. The summed E-state index contributed by atoms with van der Waals surface area (Å²) < 4.78 is 0. The molecule has 2 amide bonds. The fourth-order valence-electron chi connectivity index (χ4n) is 3.46. The van der Waals surface area contributed by atoms with E-state index in [1.165, 1.54) is 24.3 Å². The molecular weight excluding hydrogens is 396 g/mol. The first-order chi connectivity index (χ1) is 14.2. The number of nitro benzene ring substituents is 1. The van der Waals surface area contributed by atoms with Gasteiger partial charge >= 0.3 is 11.9 Å². The lowest BCUT2D eigenvalue weighted by molar-refractivity contribution is -0.383. The van der Waals surface area contributed by atoms with Crippen LogP contribution < -0.4 is 4.90 Å². The van der Waals surface area contributed by atoms with E-state index in [9.17, 15) is 39.5 Å². The van der Waals surface area contributed by atoms with Crippen LogP contribution in [0.4, 0.5) is 11.4 Å². The molecule has 1 aliphatic rings. The molecule has 4 rings (SSSR count). The molecule has 148 valence electrons. The van der Waals surface area contributed by atoms with Gasteiger partial charge in [-0.2, -0.15) is 0 Å². The van der Waals surface area contributed by atoms with Crippen LogP contribution in [0.1, 0.15) is 41.4 Å². The highest BCUT2D eigenvalue weighted by molar-refractivity contribution is 6.36. The van der Waals surface area contributed by atoms with Crippen molar-refractivity contribution in [1.29, 1.82) is 0 Å². The second-order valence-electron chi connectivity index (χ2n) is 6.44. The molecule has 0 fully saturated rings. The molecule has 0 radical (unpaired) electrons. The summed E-state index contributed by atoms with van der Waals surface area (Å²) in [6.45, 7) is 0. The lowest BCUT2D eigenvalue weighted by Gasteiger charge is -2.27. The molecule has 10 nitrogen and oxygen atoms in total. The van der Waals surface area contributed by atoms with Crippen LogP contribution in [-0.4, -0.2) is 38.9 Å². The van der Waals surface area contributed by atoms with Gasteiger partial charge in [0.2, 0.25) is 0 Å². The van der Waals surface area contributed by atoms with Gasteiger partial charge in [0.15, 0.2) is 0 Å². The van der Waals surface area contributed by atoms with Crippen molar-refractivity contribution in [1.82, 2.24) is 0 Å². The van der Waals surface area contributed by atoms with Crippen molar-refractivity contribution in [2.24, 2.45) is 0 Å². The molecule has 1 heterocycles. The summed E-state index contributed by atoms with van der Waals surface area (Å²) in [7, 11) is 0. The van der Waals surface area contributed by atoms with Crippen LogP contribution in [0.2, 0.25) is 0 Å². The van der Waals surface area contributed by atoms with Crippen molar-refractivity contribution in [2.45, 2.75) is 0 Å². The number of aromatic carboxylic acids is 2. The Kier molecular flexibility index (Phi) is 4.05. The Hall–Kier alpha value is -4.60. The standard InChI is InChI=1S/C20H10N2O8/c23-17-13-3-1-2-12-15(22(29)30)5-4-14(16(12)13)18(24)21(17)11-7-9(19(25)26)6-10(8-11)20(27)28/h1-8H,(H,25,26)(H,27,28). The Morgan fingerprint density at radius 2 is 1.43 bits per heavy atom. The number of carbonyl (C=O) groups is 4. The Labute approximate surface area is 166 Å². The van der Waals surface area contributed by atoms with Crippen molar-refractivity contribution in [3.63, 3.8) is 0 Å². The maximum absolute atomic E-state index is 13.1. The first-order valence-corrected chi connectivity index (χ1v) is 8.41. The first-order valence-electron chi connectivity index (χ1n) is 8.41. The van der Waals surface area contributed by atoms with E-state index < -0.39 is 39.8 Å². The van der Waals surface area contributed by atoms with Crippen molar-refractivity contribution < 1.29 is 34.3 Å². The third kappa shape index (κ3) is 2.66. The minimum absolute atomic E-state index is 0.00315. The van der Waals surface area contributed by atoms with Crippen LogP contribution in [0.15, 0.2) is 48.5 Å². The minimum Gasteiger partial charge on any atom is -0.478 e. The SMILES string of the molecule is O=C(O)c1cc(C(=O)O)cc(N2C(=O)c3cccc4c([N+](=O)[O-])ccc(c34)C2=O)c1. The Morgan fingerprint density at radius 3 is 1.97 bits per heavy atom. The predicted octanol–water partition coefficient (Wildman–Crippen LogP) is 2.95. The molecule has 30 heavy (non-hydrogen) atoms. The molecule has 0 aromatic heterocycles. The van der Waals surface area contributed by atoms with Crippen LogP contribution >= 0.6 is 0 Å². The maximum atomic E-state index is 13.1. The normalized spacial score (nSPS) is 12.9. The molecule has 0 aliphatic carbocycles. The Bertz CT molecular complexity index is 1270. The molecular formula is C20H10N2O8. The van der Waals surface area contributed by atoms with Crippen LogP contribution in [-0.2, 0) is 0 Å². The van der Waals surface area contributed by atoms with E-state index in [0.717, 1.165) is 24.3 Å². The third-order valence-corrected chi connectivity index (χ3v) is 4.75. The van der Waals surface area contributed by atoms with Gasteiger partial charge in [-0.3, -0.25) is 19.7 Å². The van der Waals surface area contributed by atoms with Crippen molar-refractivity contribution in [3.8, 4) is 0 Å². The molecule has 0 atom stereocenters. The van der Waals surface area contributed by atoms with Gasteiger partial charge in [0, 0.05) is 22.6 Å². The fourth-order valence-corrected chi connectivity index (χ4v) is 3.46. The number of imide groups is 1. The second kappa shape index (κ2) is 6.48. The van der Waals surface area contributed by atoms with E-state index >= 15 is 0 Å². The highest BCUT2D eigenvalue weighted by Gasteiger charge is 2.36. The van der Waals surface area contributed by atoms with Gasteiger partial charge in [-0.15, -0.1) is 0 Å². The van der Waals surface area contributed by atoms with Gasteiger partial charge in [0.1, 0.15) is 0 Å². The number of nitro groups is 1. The topological polar surface area (TPSA) is 155 Å². The summed E-state index contributed by atoms with van der Waals surface area (Å²) in [6.07, 6.45) is 0. The van der Waals surface area contributed by atoms with Gasteiger partial charge in [-0.1, -0.05) is 6.07 Å². The lowest BCUT2D eigenvalue weighted by atomic mass is 9.92. The molecule has 1 aliphatic heterocycles. The summed E-state index contributed by atoms with van der Waals surface area (Å²) in [4.78, 5) is 60.3. The molecule has 3 aromatic rings. The van der Waals surface area contributed by atoms with Gasteiger partial charge < -0.3 is 10.2 Å². The van der Waals surface area contributed by atoms with E-state index in [0.29, 0.717) is 4.90 Å². The van der Waals surface area contributed by atoms with E-state index in [4.69, 9.17) is 0 Å². The highest BCUT2D eigenvalue weighted by atomic mass is 16.6. The number of anilines is 1. The van der Waals surface area contributed by atoms with Crippen molar-refractivity contribution in [3.05, 3.63) is 80.9 Å². The molecule has 0 saturated heterocycles. The maximum Gasteiger partial charge on any atom is 0.335 e. The van der Waals surface area contributed by atoms with Crippen LogP contribution in [0, 0.1) is 10.1 Å². The average molecular weight is 406 g/mol. The number of carboxylic acids is 2. The zero-order valence-corrected chi connectivity index (χ0v) is 14.9. The molecule has 3 aromatic carbocycles. The van der Waals surface area contributed by atoms with Crippen molar-refractivity contribution in [2.75, 3.05) is 4.90 Å². The third-order valence-electron chi connectivity index (χ3n) is 4.75. The predicted molar refractivity (Wildman–Crippen MR) is 102 cm³/mol. The number of benzene rings is 3. The largest absolute Gasteiger partial charge is 0.478 e. The fraction of sp³-hybridized carbons (Fsp3) is 0. The number of amides is 2. The summed E-state index contributed by atoms with van der Waals surface area (Å²) in [5.74, 6) is -4.57. The zero-order valence-electron chi connectivity index (χ0n) is 14.9. The number of non-ortho nitro benzene ring substituents is 1. The smallest absolute Gasteiger partial charge is 0.335 e. The first kappa shape index (κ1) is 18.7. The molecule has 0 spiro atoms. The summed E-state index contributed by atoms with van der Waals surface area (Å²) >= 11 is 0. The summed E-state index contributed by atoms with van der Waals surface area (Å²) in [5, 5.41) is 30.1. The second-order valence-corrected chi connectivity index (χ2v) is 6.44. The molecule has 0 saturated carbocycles. The monoisotopic (exact) mass is 406 g/mol. The van der Waals surface area contributed by atoms with Gasteiger partial charge in [0.05, 0.1) is 27.1 Å². The van der Waals surface area contributed by atoms with E-state index in [1.54, 1.807) is 0 Å². The number of hydrogen-bond acceptors (Lipinski definition) is 6. The Morgan fingerprint density at radius 1 is 0.867 bits per heavy atom. The summed E-state index contributed by atoms with van der Waals surface area (Å²) in [5.41, 5.74) is -1.34. The van der Waals surface area contributed by atoms with Gasteiger partial charge in [0.25, 0.3) is 17.5 Å². The molecule has 2 N–H and O–H groups in total. The minimum atomic E-state index is -1.44. The average Bonchev–Trinajstić information content (AvgIpc) is 2.71. The Balaban J connectivity index is 1.98. The number of carboxylic acid groups (broad SMARTS) is 2. The lowest BCUT2D eigenvalue weighted by Crippen LogP contribution is -2.40. The van der Waals surface area contributed by atoms with Gasteiger partial charge in [-0.05, 0) is 36.4 Å². The van der Waals surface area contributed by atoms with Gasteiger partial charge in [-0.25, -0.2) is 14.5 Å². The van der Waals surface area contributed by atoms with Crippen LogP contribution in [0.5, 0.6) is 0 Å². The number of carbonyl (C=O) groups excluding carboxylic acids is 2. The van der Waals surface area contributed by atoms with E-state index in [1.807, 2.05) is 0 Å². The molecule has 10 heteroatoms. The molecule has 0 unspecified atom stereocenters. The number of hydrogen-bond donors (Lipinski definition) is 2. The zero-order chi connectivity index (χ0) is 21.7. The quantitative estimate of drug-likeness (QED) is 0.381.